The summed E-state index contributed by atoms with van der Waals surface area (Å²) in [6.07, 6.45) is 0. The second kappa shape index (κ2) is 2.80. The number of hydrogen-bond donors (Lipinski definition) is 0. The van der Waals surface area contributed by atoms with Crippen LogP contribution in [0.25, 0.3) is 0 Å². The molecule has 0 aliphatic heterocycles. The van der Waals surface area contributed by atoms with Crippen LogP contribution >= 0.6 is 15.9 Å². The Hall–Kier alpha value is -0.880. The lowest BCUT2D eigenvalue weighted by atomic mass is 10.2. The highest BCUT2D eigenvalue weighted by Crippen LogP contribution is 2.13. The maximum Gasteiger partial charge on any atom is 0.125 e. The third kappa shape index (κ3) is 1.55. The van der Waals surface area contributed by atoms with Crippen LogP contribution in [0.4, 0.5) is 4.39 Å². The minimum atomic E-state index is -1.08. The van der Waals surface area contributed by atoms with E-state index in [9.17, 15) is 4.39 Å². The number of hydrogen-bond acceptors (Lipinski definition) is 1. The first-order valence-electron chi connectivity index (χ1n) is 3.85. The normalized spacial score (nSPS) is 13.1. The summed E-state index contributed by atoms with van der Waals surface area (Å²) in [5.74, 6) is -1.08. The first kappa shape index (κ1) is 4.09. The van der Waals surface area contributed by atoms with E-state index in [0.29, 0.717) is 0 Å². The molecule has 0 spiro atoms. The molecule has 1 nitrogen and oxygen atoms in total. The van der Waals surface area contributed by atoms with Crippen LogP contribution in [0.15, 0.2) is 22.6 Å². The van der Waals surface area contributed by atoms with Crippen LogP contribution in [0.2, 0.25) is 0 Å². The van der Waals surface area contributed by atoms with Crippen molar-refractivity contribution in [3.63, 3.8) is 0 Å². The molecule has 0 atom stereocenters. The Morgan fingerprint density at radius 3 is 2.90 bits per heavy atom. The van der Waals surface area contributed by atoms with Crippen molar-refractivity contribution in [3.8, 4) is 6.07 Å². The van der Waals surface area contributed by atoms with Gasteiger partial charge in [-0.15, -0.1) is 0 Å². The molecule has 0 aliphatic carbocycles. The van der Waals surface area contributed by atoms with Gasteiger partial charge in [0.25, 0.3) is 0 Å². The highest BCUT2D eigenvalue weighted by molar-refractivity contribution is 9.10. The summed E-state index contributed by atoms with van der Waals surface area (Å²) >= 11 is 2.81. The van der Waals surface area contributed by atoms with Crippen LogP contribution in [0.5, 0.6) is 0 Å². The fraction of sp³-hybridized carbons (Fsp3) is 0. The summed E-state index contributed by atoms with van der Waals surface area (Å²) in [6, 6.07) is -0.0313. The largest absolute Gasteiger partial charge is 0.207 e. The number of nitrogens with zero attached hydrogens (tertiary/aromatic N) is 1. The topological polar surface area (TPSA) is 23.8 Å². The monoisotopic (exact) mass is 202 g/mol. The number of rotatable bonds is 0. The van der Waals surface area contributed by atoms with Crippen molar-refractivity contribution in [1.29, 1.82) is 5.26 Å². The molecule has 1 aromatic rings. The smallest absolute Gasteiger partial charge is 0.125 e. The van der Waals surface area contributed by atoms with Gasteiger partial charge in [-0.1, -0.05) is 15.9 Å². The number of benzene rings is 1. The van der Waals surface area contributed by atoms with Crippen molar-refractivity contribution in [3.05, 3.63) is 34.0 Å². The van der Waals surface area contributed by atoms with Gasteiger partial charge in [0.2, 0.25) is 0 Å². The summed E-state index contributed by atoms with van der Waals surface area (Å²) in [5.41, 5.74) is -0.361. The summed E-state index contributed by atoms with van der Waals surface area (Å²) in [5, 5.41) is 8.50. The van der Waals surface area contributed by atoms with Crippen LogP contribution in [0, 0.1) is 17.1 Å². The molecule has 0 heterocycles. The molecule has 0 N–H and O–H groups in total. The summed E-state index contributed by atoms with van der Waals surface area (Å²) in [7, 11) is 0. The molecule has 0 aromatic heterocycles. The Morgan fingerprint density at radius 2 is 2.30 bits per heavy atom. The van der Waals surface area contributed by atoms with Crippen LogP contribution in [-0.4, -0.2) is 0 Å². The SMILES string of the molecule is [2H]c1c(F)c([2H])c(C#N)c([2H])c1Br. The first-order valence-corrected chi connectivity index (χ1v) is 3.14. The molecular weight excluding hydrogens is 197 g/mol. The fourth-order valence-corrected chi connectivity index (χ4v) is 0.838. The molecular formula is C7H3BrFN. The van der Waals surface area contributed by atoms with Crippen molar-refractivity contribution < 1.29 is 8.50 Å². The summed E-state index contributed by atoms with van der Waals surface area (Å²) in [6.45, 7) is 0. The molecule has 0 saturated heterocycles. The number of halogens is 2. The van der Waals surface area contributed by atoms with Gasteiger partial charge < -0.3 is 0 Å². The first-order chi connectivity index (χ1) is 6.00. The van der Waals surface area contributed by atoms with Gasteiger partial charge in [-0.05, 0) is 18.1 Å². The van der Waals surface area contributed by atoms with E-state index in [4.69, 9.17) is 9.37 Å². The minimum absolute atomic E-state index is 0.0995. The zero-order valence-electron chi connectivity index (χ0n) is 7.70. The molecule has 0 unspecified atom stereocenters. The standard InChI is InChI=1S/C7H3BrFN/c8-6-1-5(4-10)2-7(9)3-6/h1-3H/i1D,2D,3D. The van der Waals surface area contributed by atoms with E-state index in [-0.39, 0.29) is 16.1 Å². The highest BCUT2D eigenvalue weighted by Gasteiger charge is 1.95. The maximum atomic E-state index is 13.0. The predicted molar refractivity (Wildman–Crippen MR) is 38.8 cm³/mol. The Bertz CT molecular complexity index is 384. The van der Waals surface area contributed by atoms with Crippen LogP contribution in [0.1, 0.15) is 9.68 Å². The van der Waals surface area contributed by atoms with Gasteiger partial charge >= 0.3 is 0 Å². The molecule has 0 saturated carbocycles. The third-order valence-corrected chi connectivity index (χ3v) is 1.20. The zero-order valence-corrected chi connectivity index (χ0v) is 6.29. The molecule has 10 heavy (non-hydrogen) atoms. The lowest BCUT2D eigenvalue weighted by Gasteiger charge is -1.90. The third-order valence-electron chi connectivity index (χ3n) is 0.801. The van der Waals surface area contributed by atoms with Crippen LogP contribution in [0.3, 0.4) is 0 Å². The Labute approximate surface area is 70.4 Å². The lowest BCUT2D eigenvalue weighted by Crippen LogP contribution is -1.77. The van der Waals surface area contributed by atoms with E-state index in [1.807, 2.05) is 0 Å². The Kier molecular flexibility index (Phi) is 1.15. The van der Waals surface area contributed by atoms with Crippen molar-refractivity contribution in [1.82, 2.24) is 0 Å². The highest BCUT2D eigenvalue weighted by atomic mass is 79.9. The molecule has 3 heteroatoms. The predicted octanol–water partition coefficient (Wildman–Crippen LogP) is 2.46. The van der Waals surface area contributed by atoms with Gasteiger partial charge in [0.1, 0.15) is 5.82 Å². The molecule has 0 radical (unpaired) electrons. The second-order valence-electron chi connectivity index (χ2n) is 1.49. The minimum Gasteiger partial charge on any atom is -0.207 e. The Balaban J connectivity index is 3.69. The summed E-state index contributed by atoms with van der Waals surface area (Å²) in [4.78, 5) is 0. The average Bonchev–Trinajstić information content (AvgIpc) is 2.13. The molecule has 1 aromatic carbocycles. The van der Waals surface area contributed by atoms with Crippen molar-refractivity contribution >= 4 is 15.9 Å². The molecule has 0 bridgehead atoms. The van der Waals surface area contributed by atoms with Crippen molar-refractivity contribution in [2.75, 3.05) is 0 Å². The lowest BCUT2D eigenvalue weighted by molar-refractivity contribution is 0.626. The molecule has 1 rings (SSSR count). The fourth-order valence-electron chi connectivity index (χ4n) is 0.465. The van der Waals surface area contributed by atoms with Crippen molar-refractivity contribution in [2.45, 2.75) is 0 Å². The molecule has 0 aliphatic rings. The molecule has 50 valence electrons. The average molecular weight is 203 g/mol. The Morgan fingerprint density at radius 1 is 1.60 bits per heavy atom. The second-order valence-corrected chi connectivity index (χ2v) is 2.28. The van der Waals surface area contributed by atoms with Crippen LogP contribution in [-0.2, 0) is 0 Å². The van der Waals surface area contributed by atoms with E-state index >= 15 is 0 Å². The van der Waals surface area contributed by atoms with Gasteiger partial charge in [-0.3, -0.25) is 0 Å². The van der Waals surface area contributed by atoms with E-state index in [0.717, 1.165) is 0 Å². The van der Waals surface area contributed by atoms with Gasteiger partial charge in [-0.25, -0.2) is 4.39 Å². The van der Waals surface area contributed by atoms with E-state index in [2.05, 4.69) is 15.9 Å². The number of nitriles is 1. The van der Waals surface area contributed by atoms with Gasteiger partial charge in [0.05, 0.1) is 15.7 Å². The van der Waals surface area contributed by atoms with E-state index < -0.39 is 17.9 Å². The van der Waals surface area contributed by atoms with Crippen molar-refractivity contribution in [2.24, 2.45) is 0 Å². The maximum absolute atomic E-state index is 13.0. The van der Waals surface area contributed by atoms with Crippen LogP contribution < -0.4 is 0 Å². The van der Waals surface area contributed by atoms with Gasteiger partial charge in [0.15, 0.2) is 0 Å². The van der Waals surface area contributed by atoms with E-state index in [1.165, 1.54) is 0 Å². The zero-order chi connectivity index (χ0) is 10.2. The quantitative estimate of drug-likeness (QED) is 0.635. The molecule has 0 fully saturated rings. The molecule has 0 amide bonds. The van der Waals surface area contributed by atoms with Gasteiger partial charge in [-0.2, -0.15) is 5.26 Å². The summed E-state index contributed by atoms with van der Waals surface area (Å²) < 4.78 is 34.4. The van der Waals surface area contributed by atoms with Gasteiger partial charge in [0, 0.05) is 4.47 Å². The van der Waals surface area contributed by atoms with E-state index in [1.54, 1.807) is 6.07 Å².